The Kier molecular flexibility index (Phi) is 3.98. The molecule has 0 aliphatic carbocycles. The van der Waals surface area contributed by atoms with E-state index in [1.807, 2.05) is 17.7 Å². The highest BCUT2D eigenvalue weighted by Gasteiger charge is 2.12. The summed E-state index contributed by atoms with van der Waals surface area (Å²) in [7, 11) is 0. The van der Waals surface area contributed by atoms with Gasteiger partial charge in [-0.1, -0.05) is 27.7 Å². The Labute approximate surface area is 114 Å². The van der Waals surface area contributed by atoms with Gasteiger partial charge in [0.1, 0.15) is 5.82 Å². The lowest BCUT2D eigenvalue weighted by atomic mass is 10.2. The van der Waals surface area contributed by atoms with Crippen LogP contribution in [0.3, 0.4) is 0 Å². The fourth-order valence-corrected chi connectivity index (χ4v) is 2.04. The molecule has 0 spiro atoms. The van der Waals surface area contributed by atoms with Crippen molar-refractivity contribution in [1.82, 2.24) is 19.7 Å². The number of hydrogen-bond acceptors (Lipinski definition) is 3. The van der Waals surface area contributed by atoms with Crippen LogP contribution in [0.2, 0.25) is 0 Å². The molecule has 0 saturated carbocycles. The van der Waals surface area contributed by atoms with E-state index in [1.54, 1.807) is 0 Å². The standard InChI is InChI=1S/C15H22N4/c1-6-12-9-13(7-2)19(18-12)14-8-11(5)16-15(17-14)10(3)4/h8-10H,6-7H2,1-5H3. The molecule has 2 aromatic heterocycles. The van der Waals surface area contributed by atoms with E-state index in [9.17, 15) is 0 Å². The molecule has 2 rings (SSSR count). The first-order chi connectivity index (χ1) is 9.05. The van der Waals surface area contributed by atoms with Gasteiger partial charge in [-0.15, -0.1) is 0 Å². The van der Waals surface area contributed by atoms with Gasteiger partial charge in [0.25, 0.3) is 0 Å². The summed E-state index contributed by atoms with van der Waals surface area (Å²) in [6, 6.07) is 4.16. The van der Waals surface area contributed by atoms with Crippen LogP contribution in [0.5, 0.6) is 0 Å². The maximum atomic E-state index is 4.65. The molecule has 0 saturated heterocycles. The van der Waals surface area contributed by atoms with Crippen molar-refractivity contribution >= 4 is 0 Å². The Morgan fingerprint density at radius 1 is 1.11 bits per heavy atom. The van der Waals surface area contributed by atoms with Gasteiger partial charge in [-0.3, -0.25) is 0 Å². The van der Waals surface area contributed by atoms with Gasteiger partial charge in [0.15, 0.2) is 5.82 Å². The van der Waals surface area contributed by atoms with Gasteiger partial charge in [-0.2, -0.15) is 5.10 Å². The summed E-state index contributed by atoms with van der Waals surface area (Å²) in [5, 5.41) is 4.64. The average molecular weight is 258 g/mol. The summed E-state index contributed by atoms with van der Waals surface area (Å²) in [6.07, 6.45) is 1.90. The van der Waals surface area contributed by atoms with Gasteiger partial charge >= 0.3 is 0 Å². The molecule has 102 valence electrons. The van der Waals surface area contributed by atoms with E-state index in [0.29, 0.717) is 5.92 Å². The zero-order chi connectivity index (χ0) is 14.0. The lowest BCUT2D eigenvalue weighted by Crippen LogP contribution is -2.09. The number of hydrogen-bond donors (Lipinski definition) is 0. The van der Waals surface area contributed by atoms with Crippen LogP contribution in [0.4, 0.5) is 0 Å². The molecular formula is C15H22N4. The van der Waals surface area contributed by atoms with Gasteiger partial charge in [-0.05, 0) is 25.8 Å². The molecule has 0 aliphatic rings. The van der Waals surface area contributed by atoms with E-state index in [4.69, 9.17) is 0 Å². The fourth-order valence-electron chi connectivity index (χ4n) is 2.04. The monoisotopic (exact) mass is 258 g/mol. The number of nitrogens with zero attached hydrogens (tertiary/aromatic N) is 4. The molecule has 0 radical (unpaired) electrons. The molecule has 0 atom stereocenters. The maximum absolute atomic E-state index is 4.65. The smallest absolute Gasteiger partial charge is 0.157 e. The molecule has 0 bridgehead atoms. The quantitative estimate of drug-likeness (QED) is 0.845. The Bertz CT molecular complexity index is 570. The van der Waals surface area contributed by atoms with Crippen LogP contribution >= 0.6 is 0 Å². The first-order valence-electron chi connectivity index (χ1n) is 6.98. The molecule has 0 N–H and O–H groups in total. The van der Waals surface area contributed by atoms with Gasteiger partial charge in [0.05, 0.1) is 5.69 Å². The summed E-state index contributed by atoms with van der Waals surface area (Å²) in [6.45, 7) is 10.5. The molecule has 19 heavy (non-hydrogen) atoms. The Hall–Kier alpha value is -1.71. The van der Waals surface area contributed by atoms with E-state index < -0.39 is 0 Å². The molecule has 0 aromatic carbocycles. The summed E-state index contributed by atoms with van der Waals surface area (Å²) < 4.78 is 1.96. The molecule has 2 aromatic rings. The topological polar surface area (TPSA) is 43.6 Å². The number of aromatic nitrogens is 4. The predicted molar refractivity (Wildman–Crippen MR) is 76.7 cm³/mol. The normalized spacial score (nSPS) is 11.3. The van der Waals surface area contributed by atoms with Gasteiger partial charge in [0, 0.05) is 23.4 Å². The number of rotatable bonds is 4. The third-order valence-corrected chi connectivity index (χ3v) is 3.15. The van der Waals surface area contributed by atoms with Crippen molar-refractivity contribution in [1.29, 1.82) is 0 Å². The summed E-state index contributed by atoms with van der Waals surface area (Å²) in [4.78, 5) is 9.14. The molecule has 2 heterocycles. The number of aryl methyl sites for hydroxylation is 3. The van der Waals surface area contributed by atoms with Gasteiger partial charge in [-0.25, -0.2) is 14.6 Å². The van der Waals surface area contributed by atoms with Crippen molar-refractivity contribution in [2.24, 2.45) is 0 Å². The fraction of sp³-hybridized carbons (Fsp3) is 0.533. The zero-order valence-corrected chi connectivity index (χ0v) is 12.4. The van der Waals surface area contributed by atoms with E-state index in [1.165, 1.54) is 5.69 Å². The SMILES string of the molecule is CCc1cc(CC)n(-c2cc(C)nc(C(C)C)n2)n1. The van der Waals surface area contributed by atoms with E-state index in [0.717, 1.165) is 35.9 Å². The first kappa shape index (κ1) is 13.7. The van der Waals surface area contributed by atoms with Gasteiger partial charge in [0.2, 0.25) is 0 Å². The third-order valence-electron chi connectivity index (χ3n) is 3.15. The molecule has 0 amide bonds. The van der Waals surface area contributed by atoms with Crippen molar-refractivity contribution in [2.75, 3.05) is 0 Å². The van der Waals surface area contributed by atoms with Crippen LogP contribution in [0.25, 0.3) is 5.82 Å². The minimum atomic E-state index is 0.324. The van der Waals surface area contributed by atoms with Crippen molar-refractivity contribution in [2.45, 2.75) is 53.4 Å². The second-order valence-electron chi connectivity index (χ2n) is 5.13. The average Bonchev–Trinajstić information content (AvgIpc) is 2.81. The maximum Gasteiger partial charge on any atom is 0.157 e. The third kappa shape index (κ3) is 2.83. The van der Waals surface area contributed by atoms with Crippen LogP contribution < -0.4 is 0 Å². The lowest BCUT2D eigenvalue weighted by Gasteiger charge is -2.10. The van der Waals surface area contributed by atoms with Crippen molar-refractivity contribution < 1.29 is 0 Å². The zero-order valence-electron chi connectivity index (χ0n) is 12.4. The van der Waals surface area contributed by atoms with Crippen LogP contribution in [0.1, 0.15) is 56.5 Å². The second-order valence-corrected chi connectivity index (χ2v) is 5.13. The van der Waals surface area contributed by atoms with Gasteiger partial charge < -0.3 is 0 Å². The molecule has 4 nitrogen and oxygen atoms in total. The molecule has 0 aliphatic heterocycles. The minimum Gasteiger partial charge on any atom is -0.238 e. The van der Waals surface area contributed by atoms with Crippen LogP contribution in [0, 0.1) is 6.92 Å². The molecule has 4 heteroatoms. The Morgan fingerprint density at radius 2 is 1.84 bits per heavy atom. The summed E-state index contributed by atoms with van der Waals surface area (Å²) in [5.41, 5.74) is 3.30. The summed E-state index contributed by atoms with van der Waals surface area (Å²) in [5.74, 6) is 2.09. The van der Waals surface area contributed by atoms with Crippen LogP contribution in [-0.2, 0) is 12.8 Å². The summed E-state index contributed by atoms with van der Waals surface area (Å²) >= 11 is 0. The van der Waals surface area contributed by atoms with Crippen molar-refractivity contribution in [3.63, 3.8) is 0 Å². The van der Waals surface area contributed by atoms with E-state index >= 15 is 0 Å². The Morgan fingerprint density at radius 3 is 2.42 bits per heavy atom. The van der Waals surface area contributed by atoms with Crippen molar-refractivity contribution in [3.05, 3.63) is 35.0 Å². The van der Waals surface area contributed by atoms with E-state index in [2.05, 4.69) is 48.8 Å². The lowest BCUT2D eigenvalue weighted by molar-refractivity contribution is 0.718. The Balaban J connectivity index is 2.54. The molecule has 0 unspecified atom stereocenters. The molecular weight excluding hydrogens is 236 g/mol. The largest absolute Gasteiger partial charge is 0.238 e. The van der Waals surface area contributed by atoms with Crippen LogP contribution in [-0.4, -0.2) is 19.7 Å². The van der Waals surface area contributed by atoms with Crippen LogP contribution in [0.15, 0.2) is 12.1 Å². The highest BCUT2D eigenvalue weighted by molar-refractivity contribution is 5.29. The highest BCUT2D eigenvalue weighted by Crippen LogP contribution is 2.16. The highest BCUT2D eigenvalue weighted by atomic mass is 15.3. The first-order valence-corrected chi connectivity index (χ1v) is 6.98. The van der Waals surface area contributed by atoms with Crippen molar-refractivity contribution in [3.8, 4) is 5.82 Å². The minimum absolute atomic E-state index is 0.324. The second kappa shape index (κ2) is 5.51. The predicted octanol–water partition coefficient (Wildman–Crippen LogP) is 3.22. The molecule has 0 fully saturated rings. The van der Waals surface area contributed by atoms with E-state index in [-0.39, 0.29) is 0 Å².